The van der Waals surface area contributed by atoms with Gasteiger partial charge in [-0.15, -0.1) is 11.8 Å². The van der Waals surface area contributed by atoms with Gasteiger partial charge in [0.2, 0.25) is 5.91 Å². The SMILES string of the molecule is O=C1CSC(c2ccc[nH]c2=O)c2cnn(-c3ccc(Cl)cc3F)c2N1. The average molecular weight is 391 g/mol. The Bertz CT molecular complexity index is 1060. The molecule has 9 heteroatoms. The normalized spacial score (nSPS) is 16.7. The second-order valence-electron chi connectivity index (χ2n) is 5.65. The molecule has 3 heterocycles. The van der Waals surface area contributed by atoms with Gasteiger partial charge in [0.1, 0.15) is 17.3 Å². The molecule has 0 fully saturated rings. The molecule has 1 aliphatic rings. The Morgan fingerprint density at radius 1 is 1.27 bits per heavy atom. The number of H-pyrrole nitrogens is 1. The van der Waals surface area contributed by atoms with Crippen molar-refractivity contribution in [2.24, 2.45) is 0 Å². The summed E-state index contributed by atoms with van der Waals surface area (Å²) in [5.74, 6) is -0.308. The predicted octanol–water partition coefficient (Wildman–Crippen LogP) is 3.13. The Balaban J connectivity index is 1.89. The standard InChI is InChI=1S/C17H12ClFN4O2S/c18-9-3-4-13(12(19)6-9)23-16-11(7-21-23)15(26-8-14(24)22-16)10-2-1-5-20-17(10)25/h1-7,15H,8H2,(H,20,25)(H,22,24). The molecular weight excluding hydrogens is 379 g/mol. The van der Waals surface area contributed by atoms with Crippen molar-refractivity contribution in [3.63, 3.8) is 0 Å². The lowest BCUT2D eigenvalue weighted by molar-refractivity contribution is -0.113. The van der Waals surface area contributed by atoms with Gasteiger partial charge in [-0.05, 0) is 24.3 Å². The number of nitrogens with zero attached hydrogens (tertiary/aromatic N) is 2. The van der Waals surface area contributed by atoms with Crippen molar-refractivity contribution in [3.8, 4) is 5.69 Å². The smallest absolute Gasteiger partial charge is 0.252 e. The average Bonchev–Trinajstić information content (AvgIpc) is 2.92. The number of hydrogen-bond donors (Lipinski definition) is 2. The minimum Gasteiger partial charge on any atom is -0.329 e. The number of halogens is 2. The van der Waals surface area contributed by atoms with Gasteiger partial charge in [-0.25, -0.2) is 9.07 Å². The van der Waals surface area contributed by atoms with E-state index in [-0.39, 0.29) is 27.9 Å². The Morgan fingerprint density at radius 3 is 2.88 bits per heavy atom. The topological polar surface area (TPSA) is 79.8 Å². The van der Waals surface area contributed by atoms with E-state index in [0.29, 0.717) is 16.9 Å². The van der Waals surface area contributed by atoms with E-state index in [4.69, 9.17) is 11.6 Å². The maximum atomic E-state index is 14.3. The predicted molar refractivity (Wildman–Crippen MR) is 98.5 cm³/mol. The number of fused-ring (bicyclic) bond motifs is 1. The molecule has 26 heavy (non-hydrogen) atoms. The largest absolute Gasteiger partial charge is 0.329 e. The molecular formula is C17H12ClFN4O2S. The number of rotatable bonds is 2. The van der Waals surface area contributed by atoms with Crippen LogP contribution in [0.5, 0.6) is 0 Å². The van der Waals surface area contributed by atoms with Crippen molar-refractivity contribution in [2.75, 3.05) is 11.1 Å². The summed E-state index contributed by atoms with van der Waals surface area (Å²) in [6, 6.07) is 7.63. The first-order valence-electron chi connectivity index (χ1n) is 7.67. The van der Waals surface area contributed by atoms with Crippen molar-refractivity contribution in [1.82, 2.24) is 14.8 Å². The fourth-order valence-electron chi connectivity index (χ4n) is 2.83. The van der Waals surface area contributed by atoms with E-state index in [1.54, 1.807) is 30.6 Å². The van der Waals surface area contributed by atoms with E-state index < -0.39 is 11.1 Å². The van der Waals surface area contributed by atoms with E-state index >= 15 is 0 Å². The van der Waals surface area contributed by atoms with Crippen LogP contribution in [0.4, 0.5) is 10.2 Å². The number of carbonyl (C=O) groups excluding carboxylic acids is 1. The van der Waals surface area contributed by atoms with Gasteiger partial charge in [-0.2, -0.15) is 5.10 Å². The third kappa shape index (κ3) is 2.91. The van der Waals surface area contributed by atoms with Crippen LogP contribution in [0.15, 0.2) is 47.5 Å². The fourth-order valence-corrected chi connectivity index (χ4v) is 4.10. The Labute approximate surface area is 156 Å². The van der Waals surface area contributed by atoms with Crippen molar-refractivity contribution < 1.29 is 9.18 Å². The van der Waals surface area contributed by atoms with Gasteiger partial charge in [0.25, 0.3) is 5.56 Å². The molecule has 0 spiro atoms. The summed E-state index contributed by atoms with van der Waals surface area (Å²) in [5.41, 5.74) is 1.05. The van der Waals surface area contributed by atoms with Gasteiger partial charge >= 0.3 is 0 Å². The molecule has 0 aliphatic carbocycles. The zero-order chi connectivity index (χ0) is 18.3. The van der Waals surface area contributed by atoms with E-state index in [9.17, 15) is 14.0 Å². The summed E-state index contributed by atoms with van der Waals surface area (Å²) < 4.78 is 15.7. The number of nitrogens with one attached hydrogen (secondary N) is 2. The number of aromatic nitrogens is 3. The third-order valence-corrected chi connectivity index (χ3v) is 5.49. The van der Waals surface area contributed by atoms with Gasteiger partial charge in [0.15, 0.2) is 0 Å². The zero-order valence-corrected chi connectivity index (χ0v) is 14.8. The highest BCUT2D eigenvalue weighted by Gasteiger charge is 2.30. The summed E-state index contributed by atoms with van der Waals surface area (Å²) in [7, 11) is 0. The first-order valence-corrected chi connectivity index (χ1v) is 9.09. The molecule has 132 valence electrons. The molecule has 2 N–H and O–H groups in total. The van der Waals surface area contributed by atoms with Gasteiger partial charge in [-0.1, -0.05) is 17.7 Å². The van der Waals surface area contributed by atoms with E-state index in [0.717, 1.165) is 0 Å². The zero-order valence-electron chi connectivity index (χ0n) is 13.2. The van der Waals surface area contributed by atoms with Crippen LogP contribution >= 0.6 is 23.4 Å². The van der Waals surface area contributed by atoms with Crippen LogP contribution in [-0.2, 0) is 4.79 Å². The summed E-state index contributed by atoms with van der Waals surface area (Å²) in [5, 5.41) is 6.85. The van der Waals surface area contributed by atoms with Crippen LogP contribution in [0, 0.1) is 5.82 Å². The molecule has 6 nitrogen and oxygen atoms in total. The maximum Gasteiger partial charge on any atom is 0.252 e. The van der Waals surface area contributed by atoms with Gasteiger partial charge < -0.3 is 10.3 Å². The van der Waals surface area contributed by atoms with Crippen molar-refractivity contribution >= 4 is 35.1 Å². The third-order valence-electron chi connectivity index (χ3n) is 3.99. The number of amides is 1. The van der Waals surface area contributed by atoms with Crippen molar-refractivity contribution in [1.29, 1.82) is 0 Å². The summed E-state index contributed by atoms with van der Waals surface area (Å²) in [6.45, 7) is 0. The summed E-state index contributed by atoms with van der Waals surface area (Å²) >= 11 is 7.13. The molecule has 0 saturated heterocycles. The lowest BCUT2D eigenvalue weighted by Gasteiger charge is -2.13. The lowest BCUT2D eigenvalue weighted by Crippen LogP contribution is -2.16. The highest BCUT2D eigenvalue weighted by molar-refractivity contribution is 8.00. The van der Waals surface area contributed by atoms with Gasteiger partial charge in [-0.3, -0.25) is 9.59 Å². The molecule has 1 amide bonds. The van der Waals surface area contributed by atoms with E-state index in [2.05, 4.69) is 15.4 Å². The highest BCUT2D eigenvalue weighted by Crippen LogP contribution is 2.41. The quantitative estimate of drug-likeness (QED) is 0.704. The van der Waals surface area contributed by atoms with Crippen LogP contribution < -0.4 is 10.9 Å². The molecule has 0 radical (unpaired) electrons. The number of carbonyl (C=O) groups is 1. The first kappa shape index (κ1) is 16.9. The molecule has 3 aromatic rings. The summed E-state index contributed by atoms with van der Waals surface area (Å²) in [6.07, 6.45) is 3.09. The maximum absolute atomic E-state index is 14.3. The van der Waals surface area contributed by atoms with Gasteiger partial charge in [0.05, 0.1) is 17.2 Å². The number of aromatic amines is 1. The Morgan fingerprint density at radius 2 is 2.12 bits per heavy atom. The molecule has 1 aliphatic heterocycles. The minimum atomic E-state index is -0.566. The van der Waals surface area contributed by atoms with Crippen LogP contribution in [0.25, 0.3) is 5.69 Å². The molecule has 2 aromatic heterocycles. The highest BCUT2D eigenvalue weighted by atomic mass is 35.5. The Hall–Kier alpha value is -2.58. The monoisotopic (exact) mass is 390 g/mol. The number of anilines is 1. The molecule has 1 unspecified atom stereocenters. The summed E-state index contributed by atoms with van der Waals surface area (Å²) in [4.78, 5) is 27.0. The first-order chi connectivity index (χ1) is 12.5. The fraction of sp³-hybridized carbons (Fsp3) is 0.118. The number of pyridine rings is 1. The second-order valence-corrected chi connectivity index (χ2v) is 7.18. The molecule has 1 aromatic carbocycles. The molecule has 1 atom stereocenters. The van der Waals surface area contributed by atoms with Crippen molar-refractivity contribution in [2.45, 2.75) is 5.25 Å². The van der Waals surface area contributed by atoms with E-state index in [1.807, 2.05) is 0 Å². The minimum absolute atomic E-state index is 0.156. The number of benzene rings is 1. The van der Waals surface area contributed by atoms with Crippen LogP contribution in [0.1, 0.15) is 16.4 Å². The van der Waals surface area contributed by atoms with Gasteiger partial charge in [0, 0.05) is 22.3 Å². The second kappa shape index (κ2) is 6.62. The van der Waals surface area contributed by atoms with E-state index in [1.165, 1.54) is 28.6 Å². The number of thioether (sulfide) groups is 1. The Kier molecular flexibility index (Phi) is 4.29. The van der Waals surface area contributed by atoms with Crippen molar-refractivity contribution in [3.05, 3.63) is 75.0 Å². The lowest BCUT2D eigenvalue weighted by atomic mass is 10.1. The van der Waals surface area contributed by atoms with Crippen LogP contribution in [0.3, 0.4) is 0 Å². The number of hydrogen-bond acceptors (Lipinski definition) is 4. The molecule has 0 saturated carbocycles. The molecule has 4 rings (SSSR count). The van der Waals surface area contributed by atoms with Crippen LogP contribution in [0.2, 0.25) is 5.02 Å². The molecule has 0 bridgehead atoms. The van der Waals surface area contributed by atoms with Crippen LogP contribution in [-0.4, -0.2) is 26.4 Å².